The van der Waals surface area contributed by atoms with Gasteiger partial charge in [0.1, 0.15) is 6.04 Å². The largest absolute Gasteiger partial charge is 0.354 e. The standard InChI is InChI=1S/C16H25N3O/c1-19(2)15(14-8-4-3-5-9-14)16(20)18-12-13-7-6-10-17-11-13/h3-5,8-9,13,15,17H,6-7,10-12H2,1-2H3,(H,18,20). The van der Waals surface area contributed by atoms with E-state index < -0.39 is 0 Å². The third-order valence-electron chi connectivity index (χ3n) is 3.84. The fourth-order valence-electron chi connectivity index (χ4n) is 2.76. The van der Waals surface area contributed by atoms with Crippen LogP contribution < -0.4 is 10.6 Å². The summed E-state index contributed by atoms with van der Waals surface area (Å²) in [5.74, 6) is 0.651. The Labute approximate surface area is 121 Å². The molecular weight excluding hydrogens is 250 g/mol. The Kier molecular flexibility index (Phi) is 5.56. The van der Waals surface area contributed by atoms with Gasteiger partial charge in [-0.15, -0.1) is 0 Å². The smallest absolute Gasteiger partial charge is 0.241 e. The van der Waals surface area contributed by atoms with E-state index in [0.29, 0.717) is 5.92 Å². The van der Waals surface area contributed by atoms with Gasteiger partial charge in [0.2, 0.25) is 5.91 Å². The highest BCUT2D eigenvalue weighted by Crippen LogP contribution is 2.18. The lowest BCUT2D eigenvalue weighted by atomic mass is 9.99. The van der Waals surface area contributed by atoms with Crippen molar-refractivity contribution < 1.29 is 4.79 Å². The molecule has 1 amide bonds. The van der Waals surface area contributed by atoms with Crippen molar-refractivity contribution in [1.82, 2.24) is 15.5 Å². The Bertz CT molecular complexity index is 413. The summed E-state index contributed by atoms with van der Waals surface area (Å²) in [6, 6.07) is 9.72. The molecule has 0 saturated carbocycles. The molecule has 20 heavy (non-hydrogen) atoms. The van der Waals surface area contributed by atoms with E-state index in [1.807, 2.05) is 49.3 Å². The molecule has 2 N–H and O–H groups in total. The van der Waals surface area contributed by atoms with Gasteiger partial charge >= 0.3 is 0 Å². The van der Waals surface area contributed by atoms with Crippen molar-refractivity contribution in [3.8, 4) is 0 Å². The zero-order valence-corrected chi connectivity index (χ0v) is 12.4. The van der Waals surface area contributed by atoms with Gasteiger partial charge in [-0.2, -0.15) is 0 Å². The van der Waals surface area contributed by atoms with E-state index >= 15 is 0 Å². The molecule has 1 aliphatic heterocycles. The summed E-state index contributed by atoms with van der Waals surface area (Å²) in [7, 11) is 3.89. The van der Waals surface area contributed by atoms with Gasteiger partial charge in [0.25, 0.3) is 0 Å². The summed E-state index contributed by atoms with van der Waals surface area (Å²) in [4.78, 5) is 14.4. The molecule has 0 aromatic heterocycles. The summed E-state index contributed by atoms with van der Waals surface area (Å²) in [6.45, 7) is 2.88. The van der Waals surface area contributed by atoms with Crippen LogP contribution in [0.15, 0.2) is 30.3 Å². The van der Waals surface area contributed by atoms with Crippen molar-refractivity contribution in [3.05, 3.63) is 35.9 Å². The summed E-state index contributed by atoms with van der Waals surface area (Å²) in [6.07, 6.45) is 2.40. The molecular formula is C16H25N3O. The fourth-order valence-corrected chi connectivity index (χ4v) is 2.76. The van der Waals surface area contributed by atoms with Gasteiger partial charge < -0.3 is 10.6 Å². The van der Waals surface area contributed by atoms with E-state index in [9.17, 15) is 4.79 Å². The molecule has 1 saturated heterocycles. The highest BCUT2D eigenvalue weighted by atomic mass is 16.2. The molecule has 2 atom stereocenters. The summed E-state index contributed by atoms with van der Waals surface area (Å²) in [5, 5.41) is 6.49. The quantitative estimate of drug-likeness (QED) is 0.854. The lowest BCUT2D eigenvalue weighted by molar-refractivity contribution is -0.126. The Morgan fingerprint density at radius 2 is 2.15 bits per heavy atom. The second-order valence-corrected chi connectivity index (χ2v) is 5.73. The Morgan fingerprint density at radius 1 is 1.40 bits per heavy atom. The van der Waals surface area contributed by atoms with Crippen LogP contribution in [0.1, 0.15) is 24.4 Å². The van der Waals surface area contributed by atoms with E-state index in [-0.39, 0.29) is 11.9 Å². The predicted octanol–water partition coefficient (Wildman–Crippen LogP) is 1.41. The first-order valence-corrected chi connectivity index (χ1v) is 7.38. The zero-order chi connectivity index (χ0) is 14.4. The van der Waals surface area contributed by atoms with Crippen molar-refractivity contribution in [2.75, 3.05) is 33.7 Å². The number of nitrogens with one attached hydrogen (secondary N) is 2. The minimum Gasteiger partial charge on any atom is -0.354 e. The van der Waals surface area contributed by atoms with Crippen LogP contribution in [0, 0.1) is 5.92 Å². The van der Waals surface area contributed by atoms with Crippen LogP contribution in [0.3, 0.4) is 0 Å². The SMILES string of the molecule is CN(C)C(C(=O)NCC1CCCNC1)c1ccccc1. The first-order chi connectivity index (χ1) is 9.68. The fraction of sp³-hybridized carbons (Fsp3) is 0.562. The molecule has 110 valence electrons. The number of amides is 1. The molecule has 0 bridgehead atoms. The van der Waals surface area contributed by atoms with Gasteiger partial charge in [0.05, 0.1) is 0 Å². The number of hydrogen-bond donors (Lipinski definition) is 2. The summed E-state index contributed by atoms with van der Waals surface area (Å²) < 4.78 is 0. The molecule has 0 aliphatic carbocycles. The molecule has 1 aromatic rings. The van der Waals surface area contributed by atoms with E-state index in [2.05, 4.69) is 10.6 Å². The number of piperidine rings is 1. The molecule has 1 fully saturated rings. The van der Waals surface area contributed by atoms with Crippen molar-refractivity contribution in [2.24, 2.45) is 5.92 Å². The molecule has 0 spiro atoms. The number of rotatable bonds is 5. The van der Waals surface area contributed by atoms with Crippen molar-refractivity contribution >= 4 is 5.91 Å². The minimum atomic E-state index is -0.215. The summed E-state index contributed by atoms with van der Waals surface area (Å²) in [5.41, 5.74) is 1.04. The number of carbonyl (C=O) groups is 1. The Morgan fingerprint density at radius 3 is 2.75 bits per heavy atom. The van der Waals surface area contributed by atoms with E-state index in [1.165, 1.54) is 12.8 Å². The third kappa shape index (κ3) is 4.05. The van der Waals surface area contributed by atoms with Gasteiger partial charge in [0, 0.05) is 6.54 Å². The van der Waals surface area contributed by atoms with Crippen LogP contribution in [0.5, 0.6) is 0 Å². The van der Waals surface area contributed by atoms with Gasteiger partial charge in [0.15, 0.2) is 0 Å². The number of benzene rings is 1. The van der Waals surface area contributed by atoms with Crippen LogP contribution in [-0.2, 0) is 4.79 Å². The molecule has 1 heterocycles. The van der Waals surface area contributed by atoms with Crippen molar-refractivity contribution in [1.29, 1.82) is 0 Å². The zero-order valence-electron chi connectivity index (χ0n) is 12.4. The molecule has 4 heteroatoms. The lowest BCUT2D eigenvalue weighted by Crippen LogP contribution is -2.42. The highest BCUT2D eigenvalue weighted by molar-refractivity contribution is 5.83. The van der Waals surface area contributed by atoms with Crippen LogP contribution in [0.4, 0.5) is 0 Å². The molecule has 4 nitrogen and oxygen atoms in total. The van der Waals surface area contributed by atoms with Crippen molar-refractivity contribution in [2.45, 2.75) is 18.9 Å². The normalized spacial score (nSPS) is 20.6. The van der Waals surface area contributed by atoms with Crippen LogP contribution >= 0.6 is 0 Å². The highest BCUT2D eigenvalue weighted by Gasteiger charge is 2.23. The average Bonchev–Trinajstić information content (AvgIpc) is 2.47. The average molecular weight is 275 g/mol. The van der Waals surface area contributed by atoms with E-state index in [0.717, 1.165) is 25.2 Å². The molecule has 0 radical (unpaired) electrons. The summed E-state index contributed by atoms with van der Waals surface area (Å²) >= 11 is 0. The van der Waals surface area contributed by atoms with Crippen molar-refractivity contribution in [3.63, 3.8) is 0 Å². The van der Waals surface area contributed by atoms with Gasteiger partial charge in [-0.25, -0.2) is 0 Å². The predicted molar refractivity (Wildman–Crippen MR) is 81.5 cm³/mol. The van der Waals surface area contributed by atoms with E-state index in [4.69, 9.17) is 0 Å². The molecule has 1 aliphatic rings. The number of nitrogens with zero attached hydrogens (tertiary/aromatic N) is 1. The van der Waals surface area contributed by atoms with Crippen LogP contribution in [-0.4, -0.2) is 44.5 Å². The van der Waals surface area contributed by atoms with E-state index in [1.54, 1.807) is 0 Å². The Balaban J connectivity index is 1.93. The van der Waals surface area contributed by atoms with Gasteiger partial charge in [-0.1, -0.05) is 30.3 Å². The minimum absolute atomic E-state index is 0.0896. The maximum Gasteiger partial charge on any atom is 0.241 e. The van der Waals surface area contributed by atoms with Crippen LogP contribution in [0.25, 0.3) is 0 Å². The lowest BCUT2D eigenvalue weighted by Gasteiger charge is -2.27. The Hall–Kier alpha value is -1.39. The number of carbonyl (C=O) groups excluding carboxylic acids is 1. The second-order valence-electron chi connectivity index (χ2n) is 5.73. The maximum atomic E-state index is 12.5. The monoisotopic (exact) mass is 275 g/mol. The first kappa shape index (κ1) is 15.0. The molecule has 1 aromatic carbocycles. The van der Waals surface area contributed by atoms with Gasteiger partial charge in [-0.3, -0.25) is 9.69 Å². The van der Waals surface area contributed by atoms with Gasteiger partial charge in [-0.05, 0) is 51.5 Å². The topological polar surface area (TPSA) is 44.4 Å². The first-order valence-electron chi connectivity index (χ1n) is 7.38. The maximum absolute atomic E-state index is 12.5. The molecule has 2 unspecified atom stereocenters. The number of hydrogen-bond acceptors (Lipinski definition) is 3. The number of likely N-dealkylation sites (N-methyl/N-ethyl adjacent to an activating group) is 1. The third-order valence-corrected chi connectivity index (χ3v) is 3.84. The second kappa shape index (κ2) is 7.41. The van der Waals surface area contributed by atoms with Crippen LogP contribution in [0.2, 0.25) is 0 Å². The molecule has 2 rings (SSSR count).